The van der Waals surface area contributed by atoms with Crippen LogP contribution in [0, 0.1) is 0 Å². The molecule has 0 saturated carbocycles. The molecular formula is C12H18N2O3S. The SMILES string of the molecule is CN(C)C(=O)C(C)(C)NS(=O)(=O)c1ccccc1. The van der Waals surface area contributed by atoms with E-state index in [-0.39, 0.29) is 10.8 Å². The molecule has 5 nitrogen and oxygen atoms in total. The van der Waals surface area contributed by atoms with Crippen LogP contribution in [0.5, 0.6) is 0 Å². The van der Waals surface area contributed by atoms with Crippen molar-refractivity contribution in [3.05, 3.63) is 30.3 Å². The topological polar surface area (TPSA) is 66.5 Å². The number of carbonyl (C=O) groups is 1. The van der Waals surface area contributed by atoms with Crippen LogP contribution >= 0.6 is 0 Å². The number of hydrogen-bond acceptors (Lipinski definition) is 3. The first-order valence-corrected chi connectivity index (χ1v) is 6.96. The largest absolute Gasteiger partial charge is 0.347 e. The molecule has 6 heteroatoms. The molecule has 0 fully saturated rings. The van der Waals surface area contributed by atoms with E-state index in [2.05, 4.69) is 4.72 Å². The summed E-state index contributed by atoms with van der Waals surface area (Å²) in [6, 6.07) is 7.97. The van der Waals surface area contributed by atoms with Gasteiger partial charge in [-0.15, -0.1) is 0 Å². The molecule has 0 aliphatic rings. The minimum atomic E-state index is -3.69. The number of hydrogen-bond donors (Lipinski definition) is 1. The first-order valence-electron chi connectivity index (χ1n) is 5.47. The summed E-state index contributed by atoms with van der Waals surface area (Å²) in [5, 5.41) is 0. The zero-order valence-electron chi connectivity index (χ0n) is 11.0. The lowest BCUT2D eigenvalue weighted by Crippen LogP contribution is -2.54. The molecule has 100 valence electrons. The van der Waals surface area contributed by atoms with Gasteiger partial charge in [-0.1, -0.05) is 18.2 Å². The minimum Gasteiger partial charge on any atom is -0.347 e. The van der Waals surface area contributed by atoms with Gasteiger partial charge in [-0.3, -0.25) is 4.79 Å². The molecule has 0 bridgehead atoms. The summed E-state index contributed by atoms with van der Waals surface area (Å²) in [5.74, 6) is -0.304. The maximum atomic E-state index is 12.1. The molecule has 0 aliphatic heterocycles. The highest BCUT2D eigenvalue weighted by Crippen LogP contribution is 2.14. The van der Waals surface area contributed by atoms with Crippen LogP contribution in [0.3, 0.4) is 0 Å². The molecule has 1 aromatic rings. The van der Waals surface area contributed by atoms with Gasteiger partial charge < -0.3 is 4.90 Å². The van der Waals surface area contributed by atoms with Gasteiger partial charge in [0.2, 0.25) is 15.9 Å². The lowest BCUT2D eigenvalue weighted by molar-refractivity contribution is -0.133. The molecule has 0 aromatic heterocycles. The highest BCUT2D eigenvalue weighted by Gasteiger charge is 2.34. The van der Waals surface area contributed by atoms with Crippen LogP contribution in [0.15, 0.2) is 35.2 Å². The van der Waals surface area contributed by atoms with Gasteiger partial charge in [-0.05, 0) is 26.0 Å². The van der Waals surface area contributed by atoms with Crippen molar-refractivity contribution in [3.8, 4) is 0 Å². The second-order valence-electron chi connectivity index (χ2n) is 4.74. The van der Waals surface area contributed by atoms with E-state index in [0.29, 0.717) is 0 Å². The number of nitrogens with one attached hydrogen (secondary N) is 1. The van der Waals surface area contributed by atoms with Crippen LogP contribution in [0.1, 0.15) is 13.8 Å². The second kappa shape index (κ2) is 5.07. The van der Waals surface area contributed by atoms with E-state index in [1.54, 1.807) is 32.3 Å². The Balaban J connectivity index is 3.01. The first-order chi connectivity index (χ1) is 8.17. The average molecular weight is 270 g/mol. The van der Waals surface area contributed by atoms with Gasteiger partial charge in [0.15, 0.2) is 0 Å². The van der Waals surface area contributed by atoms with Crippen molar-refractivity contribution < 1.29 is 13.2 Å². The van der Waals surface area contributed by atoms with Crippen LogP contribution < -0.4 is 4.72 Å². The summed E-state index contributed by atoms with van der Waals surface area (Å²) >= 11 is 0. The zero-order valence-corrected chi connectivity index (χ0v) is 11.8. The zero-order chi connectivity index (χ0) is 14.0. The van der Waals surface area contributed by atoms with Crippen LogP contribution in [0.4, 0.5) is 0 Å². The summed E-state index contributed by atoms with van der Waals surface area (Å²) in [6.07, 6.45) is 0. The van der Waals surface area contributed by atoms with E-state index < -0.39 is 15.6 Å². The molecule has 1 rings (SSSR count). The van der Waals surface area contributed by atoms with Crippen molar-refractivity contribution >= 4 is 15.9 Å². The average Bonchev–Trinajstić information content (AvgIpc) is 2.27. The van der Waals surface area contributed by atoms with E-state index in [0.717, 1.165) is 0 Å². The smallest absolute Gasteiger partial charge is 0.242 e. The molecule has 0 spiro atoms. The second-order valence-corrected chi connectivity index (χ2v) is 6.43. The Hall–Kier alpha value is -1.40. The fraction of sp³-hybridized carbons (Fsp3) is 0.417. The molecule has 0 saturated heterocycles. The molecule has 0 aliphatic carbocycles. The van der Waals surface area contributed by atoms with Gasteiger partial charge in [0.1, 0.15) is 5.54 Å². The highest BCUT2D eigenvalue weighted by molar-refractivity contribution is 7.89. The summed E-state index contributed by atoms with van der Waals surface area (Å²) in [4.78, 5) is 13.4. The van der Waals surface area contributed by atoms with Crippen molar-refractivity contribution in [1.29, 1.82) is 0 Å². The van der Waals surface area contributed by atoms with E-state index in [1.165, 1.54) is 30.9 Å². The number of sulfonamides is 1. The number of benzene rings is 1. The number of carbonyl (C=O) groups excluding carboxylic acids is 1. The quantitative estimate of drug-likeness (QED) is 0.881. The van der Waals surface area contributed by atoms with E-state index in [1.807, 2.05) is 0 Å². The van der Waals surface area contributed by atoms with Crippen LogP contribution in [-0.4, -0.2) is 38.9 Å². The third kappa shape index (κ3) is 3.30. The predicted molar refractivity (Wildman–Crippen MR) is 69.5 cm³/mol. The van der Waals surface area contributed by atoms with Crippen molar-refractivity contribution in [2.75, 3.05) is 14.1 Å². The Kier molecular flexibility index (Phi) is 4.13. The van der Waals surface area contributed by atoms with Crippen molar-refractivity contribution in [2.45, 2.75) is 24.3 Å². The van der Waals surface area contributed by atoms with Crippen LogP contribution in [0.2, 0.25) is 0 Å². The van der Waals surface area contributed by atoms with Gasteiger partial charge in [0, 0.05) is 14.1 Å². The standard InChI is InChI=1S/C12H18N2O3S/c1-12(2,11(15)14(3)4)13-18(16,17)10-8-6-5-7-9-10/h5-9,13H,1-4H3. The molecule has 1 N–H and O–H groups in total. The van der Waals surface area contributed by atoms with Gasteiger partial charge in [0.25, 0.3) is 0 Å². The lowest BCUT2D eigenvalue weighted by atomic mass is 10.1. The lowest BCUT2D eigenvalue weighted by Gasteiger charge is -2.27. The number of rotatable bonds is 4. The predicted octanol–water partition coefficient (Wildman–Crippen LogP) is 0.832. The fourth-order valence-electron chi connectivity index (χ4n) is 1.60. The molecule has 0 atom stereocenters. The Morgan fingerprint density at radius 2 is 1.67 bits per heavy atom. The van der Waals surface area contributed by atoms with Gasteiger partial charge in [-0.2, -0.15) is 4.72 Å². The Bertz CT molecular complexity index is 522. The summed E-state index contributed by atoms with van der Waals surface area (Å²) < 4.78 is 26.6. The summed E-state index contributed by atoms with van der Waals surface area (Å²) in [7, 11) is -0.526. The fourth-order valence-corrected chi connectivity index (χ4v) is 2.99. The monoisotopic (exact) mass is 270 g/mol. The van der Waals surface area contributed by atoms with E-state index in [9.17, 15) is 13.2 Å². The molecule has 1 aromatic carbocycles. The van der Waals surface area contributed by atoms with Crippen molar-refractivity contribution in [3.63, 3.8) is 0 Å². The normalized spacial score (nSPS) is 12.2. The molecular weight excluding hydrogens is 252 g/mol. The van der Waals surface area contributed by atoms with Crippen molar-refractivity contribution in [2.24, 2.45) is 0 Å². The molecule has 0 unspecified atom stereocenters. The maximum absolute atomic E-state index is 12.1. The summed E-state index contributed by atoms with van der Waals surface area (Å²) in [6.45, 7) is 3.08. The molecule has 0 heterocycles. The molecule has 1 amide bonds. The van der Waals surface area contributed by atoms with E-state index >= 15 is 0 Å². The number of amides is 1. The van der Waals surface area contributed by atoms with Crippen LogP contribution in [-0.2, 0) is 14.8 Å². The number of likely N-dealkylation sites (N-methyl/N-ethyl adjacent to an activating group) is 1. The summed E-state index contributed by atoms with van der Waals surface area (Å²) in [5.41, 5.74) is -1.18. The Labute approximate surface area is 108 Å². The van der Waals surface area contributed by atoms with Gasteiger partial charge >= 0.3 is 0 Å². The minimum absolute atomic E-state index is 0.143. The van der Waals surface area contributed by atoms with Gasteiger partial charge in [-0.25, -0.2) is 8.42 Å². The van der Waals surface area contributed by atoms with Crippen molar-refractivity contribution in [1.82, 2.24) is 9.62 Å². The van der Waals surface area contributed by atoms with E-state index in [4.69, 9.17) is 0 Å². The first kappa shape index (κ1) is 14.7. The number of nitrogens with zero attached hydrogens (tertiary/aromatic N) is 1. The Morgan fingerprint density at radius 1 is 1.17 bits per heavy atom. The van der Waals surface area contributed by atoms with Gasteiger partial charge in [0.05, 0.1) is 4.90 Å². The van der Waals surface area contributed by atoms with Crippen LogP contribution in [0.25, 0.3) is 0 Å². The maximum Gasteiger partial charge on any atom is 0.242 e. The molecule has 0 radical (unpaired) electrons. The Morgan fingerprint density at radius 3 is 2.11 bits per heavy atom. The highest BCUT2D eigenvalue weighted by atomic mass is 32.2. The third-order valence-electron chi connectivity index (χ3n) is 2.38. The molecule has 18 heavy (non-hydrogen) atoms. The third-order valence-corrected chi connectivity index (χ3v) is 4.06.